The van der Waals surface area contributed by atoms with Gasteiger partial charge in [0, 0.05) is 23.7 Å². The summed E-state index contributed by atoms with van der Waals surface area (Å²) >= 11 is 12.1. The number of rotatable bonds is 4. The molecular weight excluding hydrogens is 501 g/mol. The van der Waals surface area contributed by atoms with Crippen molar-refractivity contribution in [1.29, 1.82) is 0 Å². The molecule has 0 fully saturated rings. The van der Waals surface area contributed by atoms with Gasteiger partial charge in [-0.2, -0.15) is 5.10 Å². The van der Waals surface area contributed by atoms with E-state index in [1.54, 1.807) is 21.5 Å². The third-order valence-corrected chi connectivity index (χ3v) is 6.86. The summed E-state index contributed by atoms with van der Waals surface area (Å²) in [6.07, 6.45) is 1.81. The zero-order valence-electron chi connectivity index (χ0n) is 19.7. The summed E-state index contributed by atoms with van der Waals surface area (Å²) in [7, 11) is 0. The summed E-state index contributed by atoms with van der Waals surface area (Å²) in [4.78, 5) is 41.8. The second-order valence-electron chi connectivity index (χ2n) is 8.93. The highest BCUT2D eigenvalue weighted by Crippen LogP contribution is 2.26. The van der Waals surface area contributed by atoms with Gasteiger partial charge in [0.05, 0.1) is 34.2 Å². The molecule has 0 atom stereocenters. The zero-order valence-corrected chi connectivity index (χ0v) is 21.2. The molecule has 8 nitrogen and oxygen atoms in total. The molecule has 0 saturated heterocycles. The molecule has 4 aromatic rings. The molecule has 0 aliphatic carbocycles. The summed E-state index contributed by atoms with van der Waals surface area (Å²) < 4.78 is 3.13. The van der Waals surface area contributed by atoms with Gasteiger partial charge >= 0.3 is 0 Å². The first-order chi connectivity index (χ1) is 17.3. The largest absolute Gasteiger partial charge is 0.350 e. The molecule has 1 aliphatic rings. The van der Waals surface area contributed by atoms with Gasteiger partial charge < -0.3 is 10.2 Å². The number of hydrogen-bond acceptors (Lipinski definition) is 4. The Morgan fingerprint density at radius 2 is 1.81 bits per heavy atom. The maximum Gasteiger partial charge on any atom is 0.261 e. The summed E-state index contributed by atoms with van der Waals surface area (Å²) in [5.74, 6) is -0.562. The average Bonchev–Trinajstić information content (AvgIpc) is 3.30. The molecule has 0 saturated carbocycles. The summed E-state index contributed by atoms with van der Waals surface area (Å²) in [5.41, 5.74) is 2.56. The van der Waals surface area contributed by atoms with Crippen molar-refractivity contribution < 1.29 is 9.59 Å². The van der Waals surface area contributed by atoms with Gasteiger partial charge in [0.1, 0.15) is 5.56 Å². The van der Waals surface area contributed by atoms with Crippen LogP contribution >= 0.6 is 23.2 Å². The monoisotopic (exact) mass is 523 g/mol. The topological polar surface area (TPSA) is 88.7 Å². The molecule has 2 aromatic heterocycles. The van der Waals surface area contributed by atoms with Crippen molar-refractivity contribution >= 4 is 40.7 Å². The van der Waals surface area contributed by atoms with E-state index in [-0.39, 0.29) is 35.5 Å². The van der Waals surface area contributed by atoms with Gasteiger partial charge in [-0.3, -0.25) is 19.0 Å². The van der Waals surface area contributed by atoms with Crippen LogP contribution in [0, 0.1) is 0 Å². The maximum absolute atomic E-state index is 13.8. The smallest absolute Gasteiger partial charge is 0.261 e. The Balaban J connectivity index is 1.66. The molecular formula is C26H23Cl2N5O3. The lowest BCUT2D eigenvalue weighted by molar-refractivity contribution is 0.0729. The highest BCUT2D eigenvalue weighted by molar-refractivity contribution is 6.42. The molecule has 10 heteroatoms. The van der Waals surface area contributed by atoms with E-state index in [4.69, 9.17) is 23.2 Å². The Morgan fingerprint density at radius 3 is 2.50 bits per heavy atom. The number of nitrogens with zero attached hydrogens (tertiary/aromatic N) is 4. The van der Waals surface area contributed by atoms with Gasteiger partial charge in [-0.1, -0.05) is 41.4 Å². The first-order valence-electron chi connectivity index (χ1n) is 11.5. The molecule has 1 N–H and O–H groups in total. The minimum absolute atomic E-state index is 0.0960. The number of nitrogens with one attached hydrogen (secondary N) is 1. The molecule has 0 spiro atoms. The normalized spacial score (nSPS) is 13.2. The van der Waals surface area contributed by atoms with Crippen LogP contribution in [0.15, 0.2) is 59.5 Å². The Kier molecular flexibility index (Phi) is 6.32. The first-order valence-corrected chi connectivity index (χ1v) is 12.3. The molecule has 0 unspecified atom stereocenters. The van der Waals surface area contributed by atoms with E-state index in [2.05, 4.69) is 10.4 Å². The van der Waals surface area contributed by atoms with Crippen molar-refractivity contribution in [2.75, 3.05) is 6.54 Å². The van der Waals surface area contributed by atoms with Crippen molar-refractivity contribution in [2.45, 2.75) is 32.9 Å². The van der Waals surface area contributed by atoms with Crippen LogP contribution in [0.4, 0.5) is 0 Å². The van der Waals surface area contributed by atoms with E-state index in [9.17, 15) is 14.4 Å². The van der Waals surface area contributed by atoms with Crippen LogP contribution in [-0.4, -0.2) is 43.5 Å². The van der Waals surface area contributed by atoms with E-state index in [0.29, 0.717) is 51.2 Å². The molecule has 1 aliphatic heterocycles. The van der Waals surface area contributed by atoms with E-state index >= 15 is 0 Å². The quantitative estimate of drug-likeness (QED) is 0.435. The van der Waals surface area contributed by atoms with Crippen LogP contribution in [0.2, 0.25) is 10.0 Å². The van der Waals surface area contributed by atoms with E-state index in [1.165, 1.54) is 16.8 Å². The van der Waals surface area contributed by atoms with Crippen molar-refractivity contribution in [3.8, 4) is 5.69 Å². The first kappa shape index (κ1) is 24.1. The number of benzene rings is 2. The summed E-state index contributed by atoms with van der Waals surface area (Å²) in [5, 5.41) is 8.04. The summed E-state index contributed by atoms with van der Waals surface area (Å²) in [6, 6.07) is 13.8. The van der Waals surface area contributed by atoms with Crippen molar-refractivity contribution in [3.05, 3.63) is 97.5 Å². The van der Waals surface area contributed by atoms with Gasteiger partial charge in [0.15, 0.2) is 5.65 Å². The second kappa shape index (κ2) is 9.44. The molecule has 0 bridgehead atoms. The van der Waals surface area contributed by atoms with Gasteiger partial charge in [-0.05, 0) is 50.6 Å². The van der Waals surface area contributed by atoms with E-state index < -0.39 is 0 Å². The summed E-state index contributed by atoms with van der Waals surface area (Å²) in [6.45, 7) is 4.23. The van der Waals surface area contributed by atoms with Crippen LogP contribution in [0.25, 0.3) is 11.3 Å². The van der Waals surface area contributed by atoms with Crippen molar-refractivity contribution in [1.82, 2.24) is 24.4 Å². The lowest BCUT2D eigenvalue weighted by atomic mass is 10.0. The lowest BCUT2D eigenvalue weighted by Gasteiger charge is -2.29. The third kappa shape index (κ3) is 4.16. The number of amides is 2. The van der Waals surface area contributed by atoms with E-state index in [1.807, 2.05) is 44.2 Å². The molecule has 184 valence electrons. The molecule has 0 radical (unpaired) electrons. The van der Waals surface area contributed by atoms with Gasteiger partial charge in [0.2, 0.25) is 0 Å². The zero-order chi connectivity index (χ0) is 25.6. The SMILES string of the molecule is CC(C)NC(=O)c1cnn2c3c(c(=O)n(-c4ccccc4)c12)CCN(C(=O)c1ccc(Cl)c(Cl)c1)C3. The Labute approximate surface area is 217 Å². The number of hydrogen-bond donors (Lipinski definition) is 1. The number of carbonyl (C=O) groups is 2. The Morgan fingerprint density at radius 1 is 1.06 bits per heavy atom. The molecule has 3 heterocycles. The van der Waals surface area contributed by atoms with Crippen molar-refractivity contribution in [2.24, 2.45) is 0 Å². The van der Waals surface area contributed by atoms with Gasteiger partial charge in [0.25, 0.3) is 17.4 Å². The highest BCUT2D eigenvalue weighted by atomic mass is 35.5. The van der Waals surface area contributed by atoms with Gasteiger partial charge in [-0.25, -0.2) is 4.52 Å². The predicted octanol–water partition coefficient (Wildman–Crippen LogP) is 4.13. The minimum Gasteiger partial charge on any atom is -0.350 e. The molecule has 5 rings (SSSR count). The Bertz CT molecular complexity index is 1560. The molecule has 2 amide bonds. The second-order valence-corrected chi connectivity index (χ2v) is 9.74. The van der Waals surface area contributed by atoms with Crippen LogP contribution in [0.5, 0.6) is 0 Å². The van der Waals surface area contributed by atoms with Crippen LogP contribution in [0.3, 0.4) is 0 Å². The number of carbonyl (C=O) groups excluding carboxylic acids is 2. The fourth-order valence-electron chi connectivity index (χ4n) is 4.46. The number of para-hydroxylation sites is 1. The minimum atomic E-state index is -0.330. The third-order valence-electron chi connectivity index (χ3n) is 6.13. The van der Waals surface area contributed by atoms with Gasteiger partial charge in [-0.15, -0.1) is 0 Å². The fraction of sp³-hybridized carbons (Fsp3) is 0.231. The van der Waals surface area contributed by atoms with Crippen LogP contribution < -0.4 is 10.9 Å². The predicted molar refractivity (Wildman–Crippen MR) is 138 cm³/mol. The number of fused-ring (bicyclic) bond motifs is 3. The Hall–Kier alpha value is -3.62. The molecule has 2 aromatic carbocycles. The standard InChI is InChI=1S/C26H23Cl2N5O3/c1-15(2)30-23(34)19-13-29-33-22-14-31(25(35)16-8-9-20(27)21(28)12-16)11-10-18(22)26(36)32(24(19)33)17-6-4-3-5-7-17/h3-9,12-13,15H,10-11,14H2,1-2H3,(H,30,34). The number of aromatic nitrogens is 3. The van der Waals surface area contributed by atoms with Crippen molar-refractivity contribution in [3.63, 3.8) is 0 Å². The lowest BCUT2D eigenvalue weighted by Crippen LogP contribution is -2.41. The maximum atomic E-state index is 13.8. The molecule has 36 heavy (non-hydrogen) atoms. The fourth-order valence-corrected chi connectivity index (χ4v) is 4.76. The highest BCUT2D eigenvalue weighted by Gasteiger charge is 2.30. The van der Waals surface area contributed by atoms with Crippen LogP contribution in [-0.2, 0) is 13.0 Å². The van der Waals surface area contributed by atoms with Crippen LogP contribution in [0.1, 0.15) is 45.8 Å². The number of halogens is 2. The van der Waals surface area contributed by atoms with E-state index in [0.717, 1.165) is 0 Å². The average molecular weight is 524 g/mol.